The molecule has 0 aliphatic carbocycles. The summed E-state index contributed by atoms with van der Waals surface area (Å²) in [6.07, 6.45) is 0.762. The second-order valence-electron chi connectivity index (χ2n) is 3.59. The molecule has 1 aromatic carbocycles. The van der Waals surface area contributed by atoms with Gasteiger partial charge in [0, 0.05) is 19.2 Å². The molecule has 0 unspecified atom stereocenters. The van der Waals surface area contributed by atoms with Crippen LogP contribution in [-0.4, -0.2) is 12.5 Å². The molecule has 0 saturated heterocycles. The predicted molar refractivity (Wildman–Crippen MR) is 52.9 cm³/mol. The Balaban J connectivity index is 2.53. The van der Waals surface area contributed by atoms with Gasteiger partial charge in [-0.25, -0.2) is 4.39 Å². The summed E-state index contributed by atoms with van der Waals surface area (Å²) in [5.41, 5.74) is 2.52. The third kappa shape index (κ3) is 1.20. The number of halogens is 1. The second-order valence-corrected chi connectivity index (χ2v) is 3.59. The van der Waals surface area contributed by atoms with E-state index in [4.69, 9.17) is 0 Å². The van der Waals surface area contributed by atoms with Crippen molar-refractivity contribution in [1.82, 2.24) is 0 Å². The number of benzene rings is 1. The largest absolute Gasteiger partial charge is 0.312 e. The lowest BCUT2D eigenvalue weighted by Gasteiger charge is -2.14. The molecule has 1 heterocycles. The number of anilines is 1. The molecular formula is C11H12FNO. The quantitative estimate of drug-likeness (QED) is 0.617. The van der Waals surface area contributed by atoms with E-state index in [1.165, 1.54) is 13.0 Å². The molecule has 0 aromatic heterocycles. The maximum absolute atomic E-state index is 13.2. The van der Waals surface area contributed by atoms with E-state index in [1.54, 1.807) is 17.9 Å². The van der Waals surface area contributed by atoms with E-state index in [1.807, 2.05) is 0 Å². The second kappa shape index (κ2) is 3.08. The summed E-state index contributed by atoms with van der Waals surface area (Å²) in [6, 6.07) is 3.11. The van der Waals surface area contributed by atoms with Gasteiger partial charge in [-0.3, -0.25) is 4.79 Å². The van der Waals surface area contributed by atoms with Crippen LogP contribution >= 0.6 is 0 Å². The van der Waals surface area contributed by atoms with E-state index in [0.717, 1.165) is 17.7 Å². The highest BCUT2D eigenvalue weighted by Crippen LogP contribution is 2.31. The highest BCUT2D eigenvalue weighted by atomic mass is 19.1. The van der Waals surface area contributed by atoms with Gasteiger partial charge in [-0.2, -0.15) is 0 Å². The average Bonchev–Trinajstić information content (AvgIpc) is 2.55. The smallest absolute Gasteiger partial charge is 0.223 e. The minimum atomic E-state index is -0.186. The summed E-state index contributed by atoms with van der Waals surface area (Å²) < 4.78 is 13.2. The molecule has 0 spiro atoms. The van der Waals surface area contributed by atoms with Crippen LogP contribution in [0.15, 0.2) is 12.1 Å². The molecule has 1 aliphatic rings. The number of carbonyl (C=O) groups is 1. The van der Waals surface area contributed by atoms with E-state index in [2.05, 4.69) is 0 Å². The van der Waals surface area contributed by atoms with Crippen LogP contribution in [0.5, 0.6) is 0 Å². The van der Waals surface area contributed by atoms with Crippen LogP contribution in [0.25, 0.3) is 0 Å². The summed E-state index contributed by atoms with van der Waals surface area (Å²) in [6.45, 7) is 3.97. The normalized spacial score (nSPS) is 14.4. The fourth-order valence-corrected chi connectivity index (χ4v) is 1.95. The molecule has 0 saturated carbocycles. The van der Waals surface area contributed by atoms with Gasteiger partial charge < -0.3 is 4.90 Å². The monoisotopic (exact) mass is 193 g/mol. The molecule has 0 radical (unpaired) electrons. The first kappa shape index (κ1) is 9.19. The van der Waals surface area contributed by atoms with Gasteiger partial charge in [-0.05, 0) is 36.6 Å². The number of amides is 1. The fourth-order valence-electron chi connectivity index (χ4n) is 1.95. The highest BCUT2D eigenvalue weighted by molar-refractivity contribution is 5.94. The molecule has 0 N–H and O–H groups in total. The van der Waals surface area contributed by atoms with Crippen LogP contribution in [0.2, 0.25) is 0 Å². The summed E-state index contributed by atoms with van der Waals surface area (Å²) in [5.74, 6) is -0.163. The Morgan fingerprint density at radius 3 is 2.86 bits per heavy atom. The van der Waals surface area contributed by atoms with E-state index in [0.29, 0.717) is 12.1 Å². The minimum Gasteiger partial charge on any atom is -0.312 e. The number of nitrogens with zero attached hydrogens (tertiary/aromatic N) is 1. The zero-order valence-electron chi connectivity index (χ0n) is 8.30. The zero-order chi connectivity index (χ0) is 10.3. The number of carbonyl (C=O) groups excluding carboxylic acids is 1. The SMILES string of the molecule is CC(=O)N1CCc2c1ccc(F)c2C. The molecule has 3 heteroatoms. The minimum absolute atomic E-state index is 0.0229. The van der Waals surface area contributed by atoms with E-state index in [9.17, 15) is 9.18 Å². The maximum atomic E-state index is 13.2. The Kier molecular flexibility index (Phi) is 2.02. The van der Waals surface area contributed by atoms with Crippen molar-refractivity contribution in [3.05, 3.63) is 29.1 Å². The van der Waals surface area contributed by atoms with Crippen molar-refractivity contribution in [3.63, 3.8) is 0 Å². The van der Waals surface area contributed by atoms with Crippen LogP contribution in [0.1, 0.15) is 18.1 Å². The summed E-state index contributed by atoms with van der Waals surface area (Å²) >= 11 is 0. The summed E-state index contributed by atoms with van der Waals surface area (Å²) in [7, 11) is 0. The van der Waals surface area contributed by atoms with Gasteiger partial charge in [0.15, 0.2) is 0 Å². The van der Waals surface area contributed by atoms with Crippen LogP contribution in [-0.2, 0) is 11.2 Å². The third-order valence-corrected chi connectivity index (χ3v) is 2.76. The Labute approximate surface area is 82.3 Å². The van der Waals surface area contributed by atoms with Crippen molar-refractivity contribution in [1.29, 1.82) is 0 Å². The van der Waals surface area contributed by atoms with Crippen LogP contribution < -0.4 is 4.90 Å². The van der Waals surface area contributed by atoms with Crippen molar-refractivity contribution in [2.75, 3.05) is 11.4 Å². The van der Waals surface area contributed by atoms with Crippen molar-refractivity contribution < 1.29 is 9.18 Å². The molecular weight excluding hydrogens is 181 g/mol. The lowest BCUT2D eigenvalue weighted by molar-refractivity contribution is -0.116. The molecule has 0 bridgehead atoms. The molecule has 2 rings (SSSR count). The first-order valence-corrected chi connectivity index (χ1v) is 4.67. The zero-order valence-corrected chi connectivity index (χ0v) is 8.30. The number of rotatable bonds is 0. The van der Waals surface area contributed by atoms with Gasteiger partial charge in [0.1, 0.15) is 5.82 Å². The standard InChI is InChI=1S/C11H12FNO/c1-7-9-5-6-13(8(2)14)11(9)4-3-10(7)12/h3-4H,5-6H2,1-2H3. The molecule has 74 valence electrons. The van der Waals surface area contributed by atoms with Gasteiger partial charge in [-0.1, -0.05) is 0 Å². The highest BCUT2D eigenvalue weighted by Gasteiger charge is 2.24. The third-order valence-electron chi connectivity index (χ3n) is 2.76. The van der Waals surface area contributed by atoms with Gasteiger partial charge >= 0.3 is 0 Å². The predicted octanol–water partition coefficient (Wildman–Crippen LogP) is 2.04. The summed E-state index contributed by atoms with van der Waals surface area (Å²) in [5, 5.41) is 0. The van der Waals surface area contributed by atoms with Crippen LogP contribution in [0.4, 0.5) is 10.1 Å². The van der Waals surface area contributed by atoms with Crippen molar-refractivity contribution in [2.24, 2.45) is 0 Å². The molecule has 1 aliphatic heterocycles. The number of hydrogen-bond acceptors (Lipinski definition) is 1. The number of fused-ring (bicyclic) bond motifs is 1. The maximum Gasteiger partial charge on any atom is 0.223 e. The van der Waals surface area contributed by atoms with Crippen LogP contribution in [0.3, 0.4) is 0 Å². The topological polar surface area (TPSA) is 20.3 Å². The van der Waals surface area contributed by atoms with Crippen molar-refractivity contribution >= 4 is 11.6 Å². The Morgan fingerprint density at radius 2 is 2.21 bits per heavy atom. The van der Waals surface area contributed by atoms with Gasteiger partial charge in [0.2, 0.25) is 5.91 Å². The number of hydrogen-bond donors (Lipinski definition) is 0. The Bertz CT molecular complexity index is 401. The van der Waals surface area contributed by atoms with Gasteiger partial charge in [0.05, 0.1) is 0 Å². The molecule has 14 heavy (non-hydrogen) atoms. The van der Waals surface area contributed by atoms with Crippen molar-refractivity contribution in [2.45, 2.75) is 20.3 Å². The van der Waals surface area contributed by atoms with Gasteiger partial charge in [0.25, 0.3) is 0 Å². The molecule has 1 aromatic rings. The van der Waals surface area contributed by atoms with E-state index >= 15 is 0 Å². The first-order valence-electron chi connectivity index (χ1n) is 4.67. The van der Waals surface area contributed by atoms with Gasteiger partial charge in [-0.15, -0.1) is 0 Å². The molecule has 2 nitrogen and oxygen atoms in total. The molecule has 0 fully saturated rings. The van der Waals surface area contributed by atoms with Crippen molar-refractivity contribution in [3.8, 4) is 0 Å². The lowest BCUT2D eigenvalue weighted by Crippen LogP contribution is -2.25. The fraction of sp³-hybridized carbons (Fsp3) is 0.364. The Morgan fingerprint density at radius 1 is 1.50 bits per heavy atom. The van der Waals surface area contributed by atoms with E-state index in [-0.39, 0.29) is 11.7 Å². The average molecular weight is 193 g/mol. The Hall–Kier alpha value is -1.38. The van der Waals surface area contributed by atoms with E-state index < -0.39 is 0 Å². The molecule has 1 amide bonds. The first-order chi connectivity index (χ1) is 6.61. The molecule has 0 atom stereocenters. The van der Waals surface area contributed by atoms with Crippen LogP contribution in [0, 0.1) is 12.7 Å². The summed E-state index contributed by atoms with van der Waals surface area (Å²) in [4.78, 5) is 12.9. The lowest BCUT2D eigenvalue weighted by atomic mass is 10.1.